The van der Waals surface area contributed by atoms with Crippen molar-refractivity contribution in [1.29, 1.82) is 0 Å². The molecule has 1 fully saturated rings. The highest BCUT2D eigenvalue weighted by Crippen LogP contribution is 2.25. The Labute approximate surface area is 120 Å². The molecule has 0 heterocycles. The lowest BCUT2D eigenvalue weighted by atomic mass is 9.93. The van der Waals surface area contributed by atoms with Gasteiger partial charge in [-0.1, -0.05) is 0 Å². The van der Waals surface area contributed by atoms with Gasteiger partial charge in [0.05, 0.1) is 22.7 Å². The van der Waals surface area contributed by atoms with Crippen LogP contribution in [0.4, 0.5) is 8.78 Å². The Hall–Kier alpha value is -0.520. The third-order valence-corrected chi connectivity index (χ3v) is 4.30. The monoisotopic (exact) mass is 333 g/mol. The first kappa shape index (κ1) is 14.9. The van der Waals surface area contributed by atoms with Crippen LogP contribution in [0, 0.1) is 11.6 Å². The molecule has 1 aromatic rings. The van der Waals surface area contributed by atoms with E-state index in [0.717, 1.165) is 25.7 Å². The maximum atomic E-state index is 13.8. The van der Waals surface area contributed by atoms with Gasteiger partial charge < -0.3 is 10.1 Å². The minimum absolute atomic E-state index is 0.00474. The number of hydrogen-bond donors (Lipinski definition) is 1. The van der Waals surface area contributed by atoms with Crippen molar-refractivity contribution in [3.8, 4) is 0 Å². The lowest BCUT2D eigenvalue weighted by Gasteiger charge is -2.28. The van der Waals surface area contributed by atoms with E-state index in [9.17, 15) is 8.78 Å². The molecule has 0 atom stereocenters. The molecule has 1 saturated carbocycles. The number of hydrogen-bond acceptors (Lipinski definition) is 2. The number of rotatable bonds is 4. The van der Waals surface area contributed by atoms with Crippen LogP contribution >= 0.6 is 15.9 Å². The first-order chi connectivity index (χ1) is 9.11. The van der Waals surface area contributed by atoms with Gasteiger partial charge in [0.15, 0.2) is 0 Å². The second-order valence-electron chi connectivity index (χ2n) is 4.90. The van der Waals surface area contributed by atoms with Crippen LogP contribution in [0.3, 0.4) is 0 Å². The summed E-state index contributed by atoms with van der Waals surface area (Å²) in [7, 11) is 1.96. The zero-order valence-electron chi connectivity index (χ0n) is 10.9. The summed E-state index contributed by atoms with van der Waals surface area (Å²) in [5, 5.41) is 3.24. The van der Waals surface area contributed by atoms with Gasteiger partial charge in [-0.05, 0) is 60.8 Å². The van der Waals surface area contributed by atoms with E-state index in [4.69, 9.17) is 4.74 Å². The van der Waals surface area contributed by atoms with E-state index in [1.54, 1.807) is 0 Å². The van der Waals surface area contributed by atoms with Crippen LogP contribution in [-0.2, 0) is 11.3 Å². The van der Waals surface area contributed by atoms with Crippen LogP contribution < -0.4 is 5.32 Å². The van der Waals surface area contributed by atoms with Crippen LogP contribution in [0.25, 0.3) is 0 Å². The van der Waals surface area contributed by atoms with Crippen molar-refractivity contribution in [2.75, 3.05) is 7.05 Å². The standard InChI is InChI=1S/C14H18BrF2NO/c1-18-9-2-4-10(5-3-9)19-8-11-13(16)7-6-12(15)14(11)17/h6-7,9-10,18H,2-5,8H2,1H3. The molecule has 0 bridgehead atoms. The molecular formula is C14H18BrF2NO. The van der Waals surface area contributed by atoms with Crippen molar-refractivity contribution in [1.82, 2.24) is 5.32 Å². The van der Waals surface area contributed by atoms with Crippen LogP contribution in [-0.4, -0.2) is 19.2 Å². The highest BCUT2D eigenvalue weighted by molar-refractivity contribution is 9.10. The lowest BCUT2D eigenvalue weighted by Crippen LogP contribution is -2.33. The minimum Gasteiger partial charge on any atom is -0.373 e. The fourth-order valence-corrected chi connectivity index (χ4v) is 2.79. The van der Waals surface area contributed by atoms with Gasteiger partial charge in [0, 0.05) is 6.04 Å². The summed E-state index contributed by atoms with van der Waals surface area (Å²) in [6.07, 6.45) is 4.06. The summed E-state index contributed by atoms with van der Waals surface area (Å²) in [4.78, 5) is 0. The van der Waals surface area contributed by atoms with E-state index in [1.807, 2.05) is 7.05 Å². The Bertz CT molecular complexity index is 434. The quantitative estimate of drug-likeness (QED) is 0.847. The van der Waals surface area contributed by atoms with Crippen molar-refractivity contribution in [3.63, 3.8) is 0 Å². The number of nitrogens with one attached hydrogen (secondary N) is 1. The zero-order valence-corrected chi connectivity index (χ0v) is 12.5. The normalized spacial score (nSPS) is 23.6. The molecule has 0 radical (unpaired) electrons. The second kappa shape index (κ2) is 6.77. The molecule has 0 aromatic heterocycles. The molecular weight excluding hydrogens is 316 g/mol. The van der Waals surface area contributed by atoms with Crippen LogP contribution in [0.15, 0.2) is 16.6 Å². The molecule has 2 rings (SSSR count). The van der Waals surface area contributed by atoms with Gasteiger partial charge in [0.2, 0.25) is 0 Å². The summed E-state index contributed by atoms with van der Waals surface area (Å²) in [5.74, 6) is -1.12. The molecule has 0 saturated heterocycles. The maximum Gasteiger partial charge on any atom is 0.145 e. The summed E-state index contributed by atoms with van der Waals surface area (Å²) < 4.78 is 33.2. The number of benzene rings is 1. The predicted molar refractivity (Wildman–Crippen MR) is 74.0 cm³/mol. The molecule has 2 nitrogen and oxygen atoms in total. The predicted octanol–water partition coefficient (Wildman–Crippen LogP) is 3.77. The number of ether oxygens (including phenoxy) is 1. The lowest BCUT2D eigenvalue weighted by molar-refractivity contribution is 0.00928. The Morgan fingerprint density at radius 1 is 1.26 bits per heavy atom. The van der Waals surface area contributed by atoms with Gasteiger partial charge >= 0.3 is 0 Å². The van der Waals surface area contributed by atoms with Crippen molar-refractivity contribution in [2.45, 2.75) is 44.4 Å². The molecule has 1 N–H and O–H groups in total. The largest absolute Gasteiger partial charge is 0.373 e. The molecule has 106 valence electrons. The van der Waals surface area contributed by atoms with E-state index in [1.165, 1.54) is 12.1 Å². The highest BCUT2D eigenvalue weighted by Gasteiger charge is 2.21. The van der Waals surface area contributed by atoms with E-state index in [0.29, 0.717) is 6.04 Å². The minimum atomic E-state index is -0.566. The molecule has 5 heteroatoms. The molecule has 0 amide bonds. The van der Waals surface area contributed by atoms with Crippen LogP contribution in [0.2, 0.25) is 0 Å². The Morgan fingerprint density at radius 2 is 1.95 bits per heavy atom. The second-order valence-corrected chi connectivity index (χ2v) is 5.75. The third kappa shape index (κ3) is 3.74. The summed E-state index contributed by atoms with van der Waals surface area (Å²) in [6, 6.07) is 3.16. The molecule has 19 heavy (non-hydrogen) atoms. The fourth-order valence-electron chi connectivity index (χ4n) is 2.42. The molecule has 0 unspecified atom stereocenters. The van der Waals surface area contributed by atoms with E-state index in [2.05, 4.69) is 21.2 Å². The van der Waals surface area contributed by atoms with Gasteiger partial charge in [-0.25, -0.2) is 8.78 Å². The van der Waals surface area contributed by atoms with Crippen LogP contribution in [0.5, 0.6) is 0 Å². The van der Waals surface area contributed by atoms with Gasteiger partial charge in [0.25, 0.3) is 0 Å². The van der Waals surface area contributed by atoms with Crippen molar-refractivity contribution in [2.24, 2.45) is 0 Å². The molecule has 1 aromatic carbocycles. The first-order valence-electron chi connectivity index (χ1n) is 6.53. The van der Waals surface area contributed by atoms with Gasteiger partial charge in [0.1, 0.15) is 11.6 Å². The smallest absolute Gasteiger partial charge is 0.145 e. The van der Waals surface area contributed by atoms with Crippen molar-refractivity contribution >= 4 is 15.9 Å². The van der Waals surface area contributed by atoms with Gasteiger partial charge in [-0.2, -0.15) is 0 Å². The zero-order chi connectivity index (χ0) is 13.8. The molecule has 1 aliphatic rings. The van der Waals surface area contributed by atoms with Crippen molar-refractivity contribution < 1.29 is 13.5 Å². The fraction of sp³-hybridized carbons (Fsp3) is 0.571. The maximum absolute atomic E-state index is 13.8. The topological polar surface area (TPSA) is 21.3 Å². The highest BCUT2D eigenvalue weighted by atomic mass is 79.9. The Kier molecular flexibility index (Phi) is 5.30. The molecule has 0 aliphatic heterocycles. The average Bonchev–Trinajstić information content (AvgIpc) is 2.44. The summed E-state index contributed by atoms with van der Waals surface area (Å²) in [6.45, 7) is -0.00794. The van der Waals surface area contributed by atoms with Crippen molar-refractivity contribution in [3.05, 3.63) is 33.8 Å². The number of halogens is 3. The van der Waals surface area contributed by atoms with Gasteiger partial charge in [-0.15, -0.1) is 0 Å². The Morgan fingerprint density at radius 3 is 2.58 bits per heavy atom. The van der Waals surface area contributed by atoms with E-state index in [-0.39, 0.29) is 22.7 Å². The molecule has 1 aliphatic carbocycles. The molecule has 0 spiro atoms. The SMILES string of the molecule is CNC1CCC(OCc2c(F)ccc(Br)c2F)CC1. The summed E-state index contributed by atoms with van der Waals surface area (Å²) in [5.41, 5.74) is 0.00474. The average molecular weight is 334 g/mol. The third-order valence-electron chi connectivity index (χ3n) is 3.68. The Balaban J connectivity index is 1.91. The van der Waals surface area contributed by atoms with E-state index < -0.39 is 11.6 Å². The first-order valence-corrected chi connectivity index (χ1v) is 7.32. The van der Waals surface area contributed by atoms with E-state index >= 15 is 0 Å². The summed E-state index contributed by atoms with van der Waals surface area (Å²) >= 11 is 3.06. The van der Waals surface area contributed by atoms with Gasteiger partial charge in [-0.3, -0.25) is 0 Å². The van der Waals surface area contributed by atoms with Crippen LogP contribution in [0.1, 0.15) is 31.2 Å².